The summed E-state index contributed by atoms with van der Waals surface area (Å²) in [5, 5.41) is 2.77. The first-order valence-electron chi connectivity index (χ1n) is 9.33. The van der Waals surface area contributed by atoms with Crippen LogP contribution in [-0.2, 0) is 15.0 Å². The maximum absolute atomic E-state index is 14.8. The Bertz CT molecular complexity index is 963. The van der Waals surface area contributed by atoms with Gasteiger partial charge in [-0.25, -0.2) is 14.4 Å². The second-order valence-electron chi connectivity index (χ2n) is 7.31. The van der Waals surface area contributed by atoms with Crippen LogP contribution in [0.4, 0.5) is 10.1 Å². The molecule has 0 spiro atoms. The van der Waals surface area contributed by atoms with Crippen LogP contribution in [-0.4, -0.2) is 43.2 Å². The van der Waals surface area contributed by atoms with Crippen molar-refractivity contribution in [3.63, 3.8) is 0 Å². The third-order valence-corrected chi connectivity index (χ3v) is 5.44. The van der Waals surface area contributed by atoms with Gasteiger partial charge >= 0.3 is 0 Å². The minimum atomic E-state index is -0.854. The molecule has 1 N–H and O–H groups in total. The van der Waals surface area contributed by atoms with E-state index in [9.17, 15) is 9.18 Å². The number of methoxy groups -OCH3 is 1. The molecule has 1 aromatic carbocycles. The highest BCUT2D eigenvalue weighted by Gasteiger charge is 2.49. The molecule has 2 aromatic rings. The Morgan fingerprint density at radius 1 is 1.31 bits per heavy atom. The van der Waals surface area contributed by atoms with E-state index in [1.54, 1.807) is 25.1 Å². The zero-order valence-electron chi connectivity index (χ0n) is 16.4. The van der Waals surface area contributed by atoms with Gasteiger partial charge in [0.05, 0.1) is 38.0 Å². The minimum absolute atomic E-state index is 0.116. The predicted molar refractivity (Wildman–Crippen MR) is 105 cm³/mol. The summed E-state index contributed by atoms with van der Waals surface area (Å²) in [5.41, 5.74) is 0.223. The summed E-state index contributed by atoms with van der Waals surface area (Å²) < 4.78 is 31.2. The Labute approximate surface area is 167 Å². The molecule has 7 nitrogen and oxygen atoms in total. The summed E-state index contributed by atoms with van der Waals surface area (Å²) in [5.74, 6) is 0.145. The zero-order valence-corrected chi connectivity index (χ0v) is 16.4. The quantitative estimate of drug-likeness (QED) is 0.854. The maximum Gasteiger partial charge on any atom is 0.274 e. The van der Waals surface area contributed by atoms with Gasteiger partial charge < -0.3 is 19.5 Å². The number of hydrogen-bond acceptors (Lipinski definition) is 6. The Morgan fingerprint density at radius 2 is 2.14 bits per heavy atom. The van der Waals surface area contributed by atoms with Crippen LogP contribution in [0.25, 0.3) is 0 Å². The van der Waals surface area contributed by atoms with Crippen molar-refractivity contribution in [2.45, 2.75) is 25.5 Å². The van der Waals surface area contributed by atoms with Crippen molar-refractivity contribution >= 4 is 17.5 Å². The second kappa shape index (κ2) is 7.44. The van der Waals surface area contributed by atoms with Crippen molar-refractivity contribution in [3.8, 4) is 5.75 Å². The Morgan fingerprint density at radius 3 is 2.86 bits per heavy atom. The number of amides is 1. The molecule has 0 saturated carbocycles. The number of aliphatic imine (C=N–C) groups is 1. The van der Waals surface area contributed by atoms with E-state index >= 15 is 0 Å². The lowest BCUT2D eigenvalue weighted by Gasteiger charge is -2.39. The van der Waals surface area contributed by atoms with Crippen LogP contribution in [0.3, 0.4) is 0 Å². The molecule has 1 aromatic heterocycles. The van der Waals surface area contributed by atoms with Crippen molar-refractivity contribution in [1.82, 2.24) is 4.98 Å². The first-order valence-corrected chi connectivity index (χ1v) is 9.33. The highest BCUT2D eigenvalue weighted by Crippen LogP contribution is 2.44. The predicted octanol–water partition coefficient (Wildman–Crippen LogP) is 3.16. The average molecular weight is 399 g/mol. The standard InChI is InChI=1S/C21H22FN3O4/c1-12-25-21(2,16-10-28-11-19(16)29-12)15-8-13(4-6-17(15)22)24-20(26)18-7-5-14(27-3)9-23-18/h4-9,16,19H,10-11H2,1-3H3,(H,24,26). The summed E-state index contributed by atoms with van der Waals surface area (Å²) in [6.07, 6.45) is 1.30. The number of halogens is 1. The van der Waals surface area contributed by atoms with E-state index in [4.69, 9.17) is 14.2 Å². The molecular weight excluding hydrogens is 377 g/mol. The first kappa shape index (κ1) is 19.3. The number of ether oxygens (including phenoxy) is 3. The summed E-state index contributed by atoms with van der Waals surface area (Å²) in [4.78, 5) is 21.2. The molecule has 3 heterocycles. The average Bonchev–Trinajstić information content (AvgIpc) is 3.18. The topological polar surface area (TPSA) is 82.0 Å². The lowest BCUT2D eigenvalue weighted by molar-refractivity contribution is 0.0830. The number of carbonyl (C=O) groups is 1. The highest BCUT2D eigenvalue weighted by molar-refractivity contribution is 6.02. The van der Waals surface area contributed by atoms with Gasteiger partial charge in [-0.05, 0) is 37.3 Å². The minimum Gasteiger partial charge on any atom is -0.495 e. The molecule has 2 aliphatic heterocycles. The molecule has 4 rings (SSSR count). The third-order valence-electron chi connectivity index (χ3n) is 5.44. The lowest BCUT2D eigenvalue weighted by atomic mass is 9.77. The van der Waals surface area contributed by atoms with E-state index < -0.39 is 17.3 Å². The Balaban J connectivity index is 1.63. The van der Waals surface area contributed by atoms with Gasteiger partial charge in [-0.15, -0.1) is 0 Å². The van der Waals surface area contributed by atoms with Crippen LogP contribution in [0.15, 0.2) is 41.5 Å². The fourth-order valence-corrected chi connectivity index (χ4v) is 3.91. The molecule has 1 amide bonds. The van der Waals surface area contributed by atoms with Crippen LogP contribution < -0.4 is 10.1 Å². The molecule has 2 aliphatic rings. The number of nitrogens with zero attached hydrogens (tertiary/aromatic N) is 2. The molecule has 1 fully saturated rings. The number of pyridine rings is 1. The first-order chi connectivity index (χ1) is 13.9. The number of benzene rings is 1. The van der Waals surface area contributed by atoms with Crippen molar-refractivity contribution in [2.75, 3.05) is 25.6 Å². The number of anilines is 1. The zero-order chi connectivity index (χ0) is 20.6. The van der Waals surface area contributed by atoms with Crippen LogP contribution in [0.5, 0.6) is 5.75 Å². The van der Waals surface area contributed by atoms with E-state index in [0.29, 0.717) is 36.1 Å². The maximum atomic E-state index is 14.8. The third kappa shape index (κ3) is 3.55. The molecule has 29 heavy (non-hydrogen) atoms. The van der Waals surface area contributed by atoms with Gasteiger partial charge in [-0.1, -0.05) is 0 Å². The van der Waals surface area contributed by atoms with Crippen molar-refractivity contribution in [1.29, 1.82) is 0 Å². The summed E-state index contributed by atoms with van der Waals surface area (Å²) >= 11 is 0. The number of aromatic nitrogens is 1. The molecule has 152 valence electrons. The number of rotatable bonds is 4. The van der Waals surface area contributed by atoms with E-state index in [1.807, 2.05) is 6.92 Å². The molecular formula is C21H22FN3O4. The monoisotopic (exact) mass is 399 g/mol. The van der Waals surface area contributed by atoms with Gasteiger partial charge in [-0.3, -0.25) is 4.79 Å². The van der Waals surface area contributed by atoms with E-state index in [1.165, 1.54) is 25.4 Å². The molecule has 8 heteroatoms. The smallest absolute Gasteiger partial charge is 0.274 e. The molecule has 3 unspecified atom stereocenters. The van der Waals surface area contributed by atoms with E-state index in [-0.39, 0.29) is 17.7 Å². The van der Waals surface area contributed by atoms with E-state index in [0.717, 1.165) is 0 Å². The van der Waals surface area contributed by atoms with Gasteiger partial charge in [0.15, 0.2) is 5.90 Å². The van der Waals surface area contributed by atoms with Crippen LogP contribution in [0, 0.1) is 11.7 Å². The fraction of sp³-hybridized carbons (Fsp3) is 0.381. The van der Waals surface area contributed by atoms with Gasteiger partial charge in [0.1, 0.15) is 23.4 Å². The number of hydrogen-bond donors (Lipinski definition) is 1. The molecule has 0 radical (unpaired) electrons. The van der Waals surface area contributed by atoms with Gasteiger partial charge in [0.25, 0.3) is 5.91 Å². The van der Waals surface area contributed by atoms with E-state index in [2.05, 4.69) is 15.3 Å². The second-order valence-corrected chi connectivity index (χ2v) is 7.31. The van der Waals surface area contributed by atoms with Gasteiger partial charge in [-0.2, -0.15) is 0 Å². The molecule has 1 saturated heterocycles. The number of fused-ring (bicyclic) bond motifs is 1. The summed E-state index contributed by atoms with van der Waals surface area (Å²) in [7, 11) is 1.53. The van der Waals surface area contributed by atoms with Crippen molar-refractivity contribution in [3.05, 3.63) is 53.6 Å². The van der Waals surface area contributed by atoms with Gasteiger partial charge in [0.2, 0.25) is 0 Å². The molecule has 0 bridgehead atoms. The van der Waals surface area contributed by atoms with Crippen LogP contribution in [0.1, 0.15) is 29.9 Å². The lowest BCUT2D eigenvalue weighted by Crippen LogP contribution is -2.44. The summed E-state index contributed by atoms with van der Waals surface area (Å²) in [6, 6.07) is 7.68. The molecule has 3 atom stereocenters. The normalized spacial score (nSPS) is 25.6. The Hall–Kier alpha value is -3.00. The summed E-state index contributed by atoms with van der Waals surface area (Å²) in [6.45, 7) is 4.52. The largest absolute Gasteiger partial charge is 0.495 e. The van der Waals surface area contributed by atoms with Crippen LogP contribution >= 0.6 is 0 Å². The van der Waals surface area contributed by atoms with Gasteiger partial charge in [0, 0.05) is 18.2 Å². The van der Waals surface area contributed by atoms with Crippen molar-refractivity contribution < 1.29 is 23.4 Å². The number of nitrogens with one attached hydrogen (secondary N) is 1. The number of carbonyl (C=O) groups excluding carboxylic acids is 1. The van der Waals surface area contributed by atoms with Crippen LogP contribution in [0.2, 0.25) is 0 Å². The highest BCUT2D eigenvalue weighted by atomic mass is 19.1. The Kier molecular flexibility index (Phi) is 4.96. The molecule has 0 aliphatic carbocycles. The fourth-order valence-electron chi connectivity index (χ4n) is 3.91. The SMILES string of the molecule is COc1ccc(C(=O)Nc2ccc(F)c(C3(C)N=C(C)OC4COCC43)c2)nc1. The van der Waals surface area contributed by atoms with Crippen molar-refractivity contribution in [2.24, 2.45) is 10.9 Å².